The monoisotopic (exact) mass is 269 g/mol. The number of carbonyl (C=O) groups excluding carboxylic acids is 1. The van der Waals surface area contributed by atoms with Crippen molar-refractivity contribution in [2.45, 2.75) is 25.8 Å². The average Bonchev–Trinajstić information content (AvgIpc) is 2.78. The number of methoxy groups -OCH3 is 1. The van der Waals surface area contributed by atoms with Gasteiger partial charge in [-0.3, -0.25) is 9.69 Å². The van der Waals surface area contributed by atoms with Crippen molar-refractivity contribution in [3.05, 3.63) is 0 Å². The van der Waals surface area contributed by atoms with Crippen molar-refractivity contribution in [1.29, 1.82) is 0 Å². The van der Waals surface area contributed by atoms with Gasteiger partial charge in [0.1, 0.15) is 0 Å². The number of hydrogen-bond donors (Lipinski definition) is 2. The van der Waals surface area contributed by atoms with Crippen LogP contribution in [0.5, 0.6) is 0 Å². The molecule has 0 bridgehead atoms. The van der Waals surface area contributed by atoms with Crippen LogP contribution in [-0.4, -0.2) is 63.3 Å². The van der Waals surface area contributed by atoms with Crippen LogP contribution in [0.1, 0.15) is 19.8 Å². The fourth-order valence-electron chi connectivity index (χ4n) is 2.89. The van der Waals surface area contributed by atoms with Gasteiger partial charge in [0.25, 0.3) is 0 Å². The summed E-state index contributed by atoms with van der Waals surface area (Å²) in [5, 5.41) is 6.35. The van der Waals surface area contributed by atoms with E-state index in [1.165, 1.54) is 12.8 Å². The fourth-order valence-corrected chi connectivity index (χ4v) is 2.89. The number of nitrogens with one attached hydrogen (secondary N) is 2. The lowest BCUT2D eigenvalue weighted by molar-refractivity contribution is -0.126. The van der Waals surface area contributed by atoms with E-state index in [4.69, 9.17) is 4.74 Å². The summed E-state index contributed by atoms with van der Waals surface area (Å²) < 4.78 is 5.13. The van der Waals surface area contributed by atoms with E-state index in [-0.39, 0.29) is 11.8 Å². The quantitative estimate of drug-likeness (QED) is 0.687. The van der Waals surface area contributed by atoms with Gasteiger partial charge in [0.15, 0.2) is 0 Å². The molecule has 0 aromatic carbocycles. The Morgan fingerprint density at radius 2 is 2.32 bits per heavy atom. The summed E-state index contributed by atoms with van der Waals surface area (Å²) in [6, 6.07) is 0.491. The Morgan fingerprint density at radius 3 is 2.95 bits per heavy atom. The average molecular weight is 269 g/mol. The van der Waals surface area contributed by atoms with Crippen molar-refractivity contribution < 1.29 is 9.53 Å². The lowest BCUT2D eigenvalue weighted by Crippen LogP contribution is -2.51. The number of rotatable bonds is 7. The van der Waals surface area contributed by atoms with Gasteiger partial charge in [0.2, 0.25) is 5.91 Å². The highest BCUT2D eigenvalue weighted by Gasteiger charge is 2.30. The van der Waals surface area contributed by atoms with Crippen LogP contribution in [0.4, 0.5) is 0 Å². The third-order valence-corrected chi connectivity index (χ3v) is 4.53. The number of hydrogen-bond acceptors (Lipinski definition) is 4. The molecule has 2 N–H and O–H groups in total. The van der Waals surface area contributed by atoms with Gasteiger partial charge in [-0.25, -0.2) is 0 Å². The summed E-state index contributed by atoms with van der Waals surface area (Å²) >= 11 is 0. The molecule has 110 valence electrons. The normalized spacial score (nSPS) is 26.1. The first-order chi connectivity index (χ1) is 9.22. The second-order valence-electron chi connectivity index (χ2n) is 5.78. The third-order valence-electron chi connectivity index (χ3n) is 4.53. The van der Waals surface area contributed by atoms with Crippen molar-refractivity contribution in [2.75, 3.05) is 46.4 Å². The first kappa shape index (κ1) is 14.8. The number of likely N-dealkylation sites (tertiary alicyclic amines) is 1. The van der Waals surface area contributed by atoms with Crippen molar-refractivity contribution in [2.24, 2.45) is 11.8 Å². The molecule has 5 nitrogen and oxygen atoms in total. The number of amides is 1. The Morgan fingerprint density at radius 1 is 1.53 bits per heavy atom. The van der Waals surface area contributed by atoms with Crippen molar-refractivity contribution >= 4 is 5.91 Å². The Labute approximate surface area is 116 Å². The molecule has 0 aromatic heterocycles. The smallest absolute Gasteiger partial charge is 0.223 e. The molecule has 2 saturated heterocycles. The lowest BCUT2D eigenvalue weighted by atomic mass is 9.88. The molecule has 2 atom stereocenters. The molecule has 0 saturated carbocycles. The van der Waals surface area contributed by atoms with Crippen LogP contribution in [0, 0.1) is 11.8 Å². The highest BCUT2D eigenvalue weighted by atomic mass is 16.5. The van der Waals surface area contributed by atoms with Gasteiger partial charge in [-0.15, -0.1) is 0 Å². The van der Waals surface area contributed by atoms with Gasteiger partial charge in [0, 0.05) is 32.2 Å². The van der Waals surface area contributed by atoms with Crippen LogP contribution >= 0.6 is 0 Å². The standard InChI is InChI=1S/C14H27N3O2/c1-11(12-8-15-9-12)14(18)16-10-13-4-3-5-17(13)6-7-19-2/h11-13,15H,3-10H2,1-2H3,(H,16,18). The summed E-state index contributed by atoms with van der Waals surface area (Å²) in [6.07, 6.45) is 2.41. The zero-order valence-corrected chi connectivity index (χ0v) is 12.2. The van der Waals surface area contributed by atoms with Gasteiger partial charge in [-0.05, 0) is 38.4 Å². The van der Waals surface area contributed by atoms with Crippen LogP contribution < -0.4 is 10.6 Å². The number of nitrogens with zero attached hydrogens (tertiary/aromatic N) is 1. The zero-order chi connectivity index (χ0) is 13.7. The number of carbonyl (C=O) groups is 1. The van der Waals surface area contributed by atoms with E-state index in [2.05, 4.69) is 15.5 Å². The molecule has 2 aliphatic heterocycles. The molecule has 2 aliphatic rings. The van der Waals surface area contributed by atoms with Crippen LogP contribution in [0.2, 0.25) is 0 Å². The summed E-state index contributed by atoms with van der Waals surface area (Å²) in [7, 11) is 1.74. The predicted octanol–water partition coefficient (Wildman–Crippen LogP) is 0.0689. The van der Waals surface area contributed by atoms with E-state index in [0.29, 0.717) is 12.0 Å². The largest absolute Gasteiger partial charge is 0.383 e. The molecule has 1 amide bonds. The van der Waals surface area contributed by atoms with Crippen molar-refractivity contribution in [3.63, 3.8) is 0 Å². The molecular weight excluding hydrogens is 242 g/mol. The van der Waals surface area contributed by atoms with E-state index in [1.807, 2.05) is 6.92 Å². The highest BCUT2D eigenvalue weighted by Crippen LogP contribution is 2.18. The van der Waals surface area contributed by atoms with E-state index < -0.39 is 0 Å². The van der Waals surface area contributed by atoms with Gasteiger partial charge in [-0.1, -0.05) is 6.92 Å². The van der Waals surface area contributed by atoms with Crippen LogP contribution in [-0.2, 0) is 9.53 Å². The molecular formula is C14H27N3O2. The van der Waals surface area contributed by atoms with Gasteiger partial charge in [0.05, 0.1) is 6.61 Å². The summed E-state index contributed by atoms with van der Waals surface area (Å²) in [5.41, 5.74) is 0. The van der Waals surface area contributed by atoms with E-state index in [0.717, 1.165) is 39.3 Å². The fraction of sp³-hybridized carbons (Fsp3) is 0.929. The Hall–Kier alpha value is -0.650. The topological polar surface area (TPSA) is 53.6 Å². The molecule has 0 spiro atoms. The molecule has 0 radical (unpaired) electrons. The first-order valence-corrected chi connectivity index (χ1v) is 7.43. The maximum atomic E-state index is 12.1. The SMILES string of the molecule is COCCN1CCCC1CNC(=O)C(C)C1CNC1. The third kappa shape index (κ3) is 3.91. The molecule has 2 heterocycles. The van der Waals surface area contributed by atoms with Crippen LogP contribution in [0.25, 0.3) is 0 Å². The number of ether oxygens (including phenoxy) is 1. The van der Waals surface area contributed by atoms with Crippen molar-refractivity contribution in [3.8, 4) is 0 Å². The molecule has 2 fully saturated rings. The predicted molar refractivity (Wildman–Crippen MR) is 75.0 cm³/mol. The second kappa shape index (κ2) is 7.22. The summed E-state index contributed by atoms with van der Waals surface area (Å²) in [5.74, 6) is 0.869. The molecule has 2 rings (SSSR count). The zero-order valence-electron chi connectivity index (χ0n) is 12.2. The lowest BCUT2D eigenvalue weighted by Gasteiger charge is -2.32. The molecule has 2 unspecified atom stereocenters. The van der Waals surface area contributed by atoms with Gasteiger partial charge >= 0.3 is 0 Å². The van der Waals surface area contributed by atoms with E-state index in [1.54, 1.807) is 7.11 Å². The minimum atomic E-state index is 0.134. The molecule has 0 aliphatic carbocycles. The Balaban J connectivity index is 1.69. The summed E-state index contributed by atoms with van der Waals surface area (Å²) in [6.45, 7) is 7.67. The summed E-state index contributed by atoms with van der Waals surface area (Å²) in [4.78, 5) is 14.5. The van der Waals surface area contributed by atoms with Crippen molar-refractivity contribution in [1.82, 2.24) is 15.5 Å². The first-order valence-electron chi connectivity index (χ1n) is 7.43. The van der Waals surface area contributed by atoms with Gasteiger partial charge in [-0.2, -0.15) is 0 Å². The minimum absolute atomic E-state index is 0.134. The highest BCUT2D eigenvalue weighted by molar-refractivity contribution is 5.78. The maximum Gasteiger partial charge on any atom is 0.223 e. The maximum absolute atomic E-state index is 12.1. The Bertz CT molecular complexity index is 294. The molecule has 0 aromatic rings. The molecule has 19 heavy (non-hydrogen) atoms. The van der Waals surface area contributed by atoms with E-state index >= 15 is 0 Å². The minimum Gasteiger partial charge on any atom is -0.383 e. The van der Waals surface area contributed by atoms with Crippen LogP contribution in [0.3, 0.4) is 0 Å². The molecule has 5 heteroatoms. The van der Waals surface area contributed by atoms with Gasteiger partial charge < -0.3 is 15.4 Å². The van der Waals surface area contributed by atoms with E-state index in [9.17, 15) is 4.79 Å². The van der Waals surface area contributed by atoms with Crippen LogP contribution in [0.15, 0.2) is 0 Å². The second-order valence-corrected chi connectivity index (χ2v) is 5.78. The Kier molecular flexibility index (Phi) is 5.60.